The largest absolute Gasteiger partial charge is 0.349 e. The third-order valence-corrected chi connectivity index (χ3v) is 5.78. The summed E-state index contributed by atoms with van der Waals surface area (Å²) in [5.41, 5.74) is 2.03. The summed E-state index contributed by atoms with van der Waals surface area (Å²) < 4.78 is 0. The molecule has 1 aromatic carbocycles. The monoisotopic (exact) mass is 367 g/mol. The number of amides is 1. The fourth-order valence-corrected chi connectivity index (χ4v) is 4.21. The molecule has 1 aromatic heterocycles. The molecule has 1 atom stereocenters. The Labute approximate surface area is 160 Å². The first kappa shape index (κ1) is 18.2. The Morgan fingerprint density at radius 2 is 2.07 bits per heavy atom. The van der Waals surface area contributed by atoms with Gasteiger partial charge in [0.15, 0.2) is 0 Å². The number of nitrogens with zero attached hydrogens (tertiary/aromatic N) is 2. The van der Waals surface area contributed by atoms with Gasteiger partial charge in [0.05, 0.1) is 6.54 Å². The predicted molar refractivity (Wildman–Crippen MR) is 105 cm³/mol. The van der Waals surface area contributed by atoms with Crippen LogP contribution in [0.3, 0.4) is 0 Å². The summed E-state index contributed by atoms with van der Waals surface area (Å²) in [7, 11) is 0. The van der Waals surface area contributed by atoms with E-state index in [2.05, 4.69) is 31.6 Å². The Morgan fingerprint density at radius 3 is 2.81 bits per heavy atom. The summed E-state index contributed by atoms with van der Waals surface area (Å²) in [6.45, 7) is 4.98. The van der Waals surface area contributed by atoms with E-state index < -0.39 is 0 Å². The predicted octanol–water partition coefficient (Wildman–Crippen LogP) is 1.96. The molecule has 0 spiro atoms. The maximum atomic E-state index is 12.9. The topological polar surface area (TPSA) is 73.0 Å². The normalized spacial score (nSPS) is 21.4. The van der Waals surface area contributed by atoms with Gasteiger partial charge < -0.3 is 15.6 Å². The number of nitrogens with one attached hydrogen (secondary N) is 3. The number of benzene rings is 1. The van der Waals surface area contributed by atoms with Crippen LogP contribution in [0, 0.1) is 5.92 Å². The van der Waals surface area contributed by atoms with Crippen molar-refractivity contribution in [2.75, 3.05) is 26.2 Å². The van der Waals surface area contributed by atoms with Crippen molar-refractivity contribution in [1.29, 1.82) is 0 Å². The molecule has 0 bridgehead atoms. The molecule has 0 radical (unpaired) electrons. The first-order chi connectivity index (χ1) is 13.3. The van der Waals surface area contributed by atoms with Gasteiger partial charge in [-0.15, -0.1) is 0 Å². The zero-order chi connectivity index (χ0) is 18.5. The van der Waals surface area contributed by atoms with Crippen molar-refractivity contribution in [3.8, 4) is 0 Å². The average molecular weight is 367 g/mol. The Hall–Kier alpha value is -2.18. The molecule has 2 aromatic rings. The van der Waals surface area contributed by atoms with Crippen LogP contribution in [0.25, 0.3) is 0 Å². The number of aromatic nitrogens is 2. The van der Waals surface area contributed by atoms with E-state index in [4.69, 9.17) is 0 Å². The van der Waals surface area contributed by atoms with E-state index in [1.54, 1.807) is 6.20 Å². The van der Waals surface area contributed by atoms with E-state index in [-0.39, 0.29) is 11.9 Å². The van der Waals surface area contributed by atoms with Crippen molar-refractivity contribution in [2.24, 2.45) is 5.92 Å². The van der Waals surface area contributed by atoms with E-state index in [9.17, 15) is 4.79 Å². The van der Waals surface area contributed by atoms with Crippen molar-refractivity contribution in [2.45, 2.75) is 38.3 Å². The Bertz CT molecular complexity index is 731. The SMILES string of the molecule is O=C(NC1CCN(Cc2ncc[nH]2)CC1)c1ccccc1CC1CCNC1. The van der Waals surface area contributed by atoms with Crippen LogP contribution in [0.15, 0.2) is 36.7 Å². The molecule has 2 aliphatic heterocycles. The van der Waals surface area contributed by atoms with Gasteiger partial charge in [0.1, 0.15) is 5.82 Å². The molecule has 6 nitrogen and oxygen atoms in total. The second kappa shape index (κ2) is 8.67. The van der Waals surface area contributed by atoms with Crippen LogP contribution in [-0.4, -0.2) is 53.0 Å². The summed E-state index contributed by atoms with van der Waals surface area (Å²) in [6, 6.07) is 8.35. The van der Waals surface area contributed by atoms with Gasteiger partial charge in [-0.05, 0) is 56.3 Å². The lowest BCUT2D eigenvalue weighted by atomic mass is 9.94. The number of aromatic amines is 1. The summed E-state index contributed by atoms with van der Waals surface area (Å²) >= 11 is 0. The molecule has 2 saturated heterocycles. The number of likely N-dealkylation sites (tertiary alicyclic amines) is 1. The maximum Gasteiger partial charge on any atom is 0.251 e. The minimum atomic E-state index is 0.0843. The van der Waals surface area contributed by atoms with Gasteiger partial charge in [0, 0.05) is 37.1 Å². The average Bonchev–Trinajstić information content (AvgIpc) is 3.38. The number of imidazole rings is 1. The lowest BCUT2D eigenvalue weighted by molar-refractivity contribution is 0.0907. The fraction of sp³-hybridized carbons (Fsp3) is 0.524. The second-order valence-corrected chi connectivity index (χ2v) is 7.78. The van der Waals surface area contributed by atoms with Gasteiger partial charge >= 0.3 is 0 Å². The molecule has 3 N–H and O–H groups in total. The highest BCUT2D eigenvalue weighted by molar-refractivity contribution is 5.95. The van der Waals surface area contributed by atoms with E-state index in [0.717, 1.165) is 63.4 Å². The molecular weight excluding hydrogens is 338 g/mol. The smallest absolute Gasteiger partial charge is 0.251 e. The molecule has 0 aliphatic carbocycles. The third-order valence-electron chi connectivity index (χ3n) is 5.78. The van der Waals surface area contributed by atoms with Crippen LogP contribution in [-0.2, 0) is 13.0 Å². The number of H-pyrrole nitrogens is 1. The van der Waals surface area contributed by atoms with Gasteiger partial charge in [-0.1, -0.05) is 18.2 Å². The molecule has 0 saturated carbocycles. The van der Waals surface area contributed by atoms with E-state index in [1.807, 2.05) is 24.4 Å². The first-order valence-corrected chi connectivity index (χ1v) is 10.1. The van der Waals surface area contributed by atoms with E-state index in [0.29, 0.717) is 5.92 Å². The number of rotatable bonds is 6. The number of carbonyl (C=O) groups is 1. The lowest BCUT2D eigenvalue weighted by Gasteiger charge is -2.32. The molecule has 3 heterocycles. The molecule has 1 unspecified atom stereocenters. The van der Waals surface area contributed by atoms with Gasteiger partial charge in [-0.2, -0.15) is 0 Å². The van der Waals surface area contributed by atoms with Crippen molar-refractivity contribution in [1.82, 2.24) is 25.5 Å². The summed E-state index contributed by atoms with van der Waals surface area (Å²) in [5.74, 6) is 1.73. The summed E-state index contributed by atoms with van der Waals surface area (Å²) in [4.78, 5) is 22.7. The van der Waals surface area contributed by atoms with Crippen molar-refractivity contribution >= 4 is 5.91 Å². The van der Waals surface area contributed by atoms with Crippen LogP contribution in [0.4, 0.5) is 0 Å². The molecule has 27 heavy (non-hydrogen) atoms. The van der Waals surface area contributed by atoms with Crippen LogP contribution in [0.5, 0.6) is 0 Å². The molecule has 1 amide bonds. The highest BCUT2D eigenvalue weighted by atomic mass is 16.1. The lowest BCUT2D eigenvalue weighted by Crippen LogP contribution is -2.44. The van der Waals surface area contributed by atoms with Crippen LogP contribution in [0.2, 0.25) is 0 Å². The molecule has 144 valence electrons. The second-order valence-electron chi connectivity index (χ2n) is 7.78. The molecular formula is C21H29N5O. The fourth-order valence-electron chi connectivity index (χ4n) is 4.21. The minimum Gasteiger partial charge on any atom is -0.349 e. The van der Waals surface area contributed by atoms with Crippen LogP contribution >= 0.6 is 0 Å². The molecule has 6 heteroatoms. The number of piperidine rings is 1. The number of hydrogen-bond acceptors (Lipinski definition) is 4. The van der Waals surface area contributed by atoms with Crippen molar-refractivity contribution < 1.29 is 4.79 Å². The maximum absolute atomic E-state index is 12.9. The van der Waals surface area contributed by atoms with Gasteiger partial charge in [0.25, 0.3) is 5.91 Å². The van der Waals surface area contributed by atoms with Crippen molar-refractivity contribution in [3.63, 3.8) is 0 Å². The quantitative estimate of drug-likeness (QED) is 0.730. The Balaban J connectivity index is 1.30. The zero-order valence-corrected chi connectivity index (χ0v) is 15.8. The number of hydrogen-bond donors (Lipinski definition) is 3. The number of carbonyl (C=O) groups excluding carboxylic acids is 1. The van der Waals surface area contributed by atoms with Crippen LogP contribution in [0.1, 0.15) is 41.0 Å². The Morgan fingerprint density at radius 1 is 1.22 bits per heavy atom. The molecule has 2 aliphatic rings. The minimum absolute atomic E-state index is 0.0843. The van der Waals surface area contributed by atoms with Crippen molar-refractivity contribution in [3.05, 3.63) is 53.6 Å². The van der Waals surface area contributed by atoms with Gasteiger partial charge in [-0.25, -0.2) is 4.98 Å². The highest BCUT2D eigenvalue weighted by Gasteiger charge is 2.23. The van der Waals surface area contributed by atoms with E-state index >= 15 is 0 Å². The standard InChI is InChI=1S/C21H29N5O/c27-21(19-4-2-1-3-17(19)13-16-5-8-22-14-16)25-18-6-11-26(12-7-18)15-20-23-9-10-24-20/h1-4,9-10,16,18,22H,5-8,11-15H2,(H,23,24)(H,25,27). The summed E-state index contributed by atoms with van der Waals surface area (Å²) in [5, 5.41) is 6.69. The van der Waals surface area contributed by atoms with E-state index in [1.165, 1.54) is 12.0 Å². The third kappa shape index (κ3) is 4.76. The van der Waals surface area contributed by atoms with Gasteiger partial charge in [0.2, 0.25) is 0 Å². The summed E-state index contributed by atoms with van der Waals surface area (Å²) in [6.07, 6.45) is 7.81. The highest BCUT2D eigenvalue weighted by Crippen LogP contribution is 2.19. The Kier molecular flexibility index (Phi) is 5.84. The van der Waals surface area contributed by atoms with Gasteiger partial charge in [-0.3, -0.25) is 9.69 Å². The zero-order valence-electron chi connectivity index (χ0n) is 15.8. The molecule has 2 fully saturated rings. The molecule has 4 rings (SSSR count). The first-order valence-electron chi connectivity index (χ1n) is 10.1. The van der Waals surface area contributed by atoms with Crippen LogP contribution < -0.4 is 10.6 Å².